The minimum atomic E-state index is -3.81. The second kappa shape index (κ2) is 11.1. The maximum Gasteiger partial charge on any atom is 0.338 e. The van der Waals surface area contributed by atoms with Gasteiger partial charge in [-0.3, -0.25) is 10.1 Å². The molecule has 0 unspecified atom stereocenters. The minimum absolute atomic E-state index is 0.0207. The molecule has 1 aromatic heterocycles. The predicted molar refractivity (Wildman–Crippen MR) is 116 cm³/mol. The van der Waals surface area contributed by atoms with Crippen molar-refractivity contribution in [3.8, 4) is 0 Å². The van der Waals surface area contributed by atoms with E-state index < -0.39 is 34.5 Å². The number of nitrogens with one attached hydrogen (secondary N) is 3. The van der Waals surface area contributed by atoms with Gasteiger partial charge in [-0.05, 0) is 42.0 Å². The fraction of sp³-hybridized carbons (Fsp3) is 0.136. The van der Waals surface area contributed by atoms with Crippen LogP contribution in [0.3, 0.4) is 0 Å². The summed E-state index contributed by atoms with van der Waals surface area (Å²) in [6.07, 6.45) is 1.43. The Bertz CT molecular complexity index is 1190. The maximum absolute atomic E-state index is 12.3. The highest BCUT2D eigenvalue weighted by Crippen LogP contribution is 2.12. The van der Waals surface area contributed by atoms with Crippen LogP contribution in [0.1, 0.15) is 21.7 Å². The molecule has 0 aliphatic heterocycles. The molecule has 0 aliphatic rings. The van der Waals surface area contributed by atoms with Crippen LogP contribution in [0.4, 0.5) is 4.79 Å². The Morgan fingerprint density at radius 2 is 1.61 bits per heavy atom. The lowest BCUT2D eigenvalue weighted by atomic mass is 10.2. The average Bonchev–Trinajstić information content (AvgIpc) is 3.35. The number of sulfonamides is 1. The molecule has 0 fully saturated rings. The molecular weight excluding hydrogens is 450 g/mol. The molecule has 0 atom stereocenters. The van der Waals surface area contributed by atoms with Crippen LogP contribution < -0.4 is 15.4 Å². The molecule has 3 rings (SSSR count). The number of hydrogen-bond donors (Lipinski definition) is 3. The number of esters is 1. The van der Waals surface area contributed by atoms with Crippen molar-refractivity contribution in [2.75, 3.05) is 6.61 Å². The van der Waals surface area contributed by atoms with Gasteiger partial charge in [0.15, 0.2) is 6.61 Å². The Hall–Kier alpha value is -3.96. The number of ether oxygens (including phenoxy) is 1. The van der Waals surface area contributed by atoms with Crippen molar-refractivity contribution in [3.05, 3.63) is 89.9 Å². The van der Waals surface area contributed by atoms with E-state index in [0.717, 1.165) is 5.56 Å². The number of urea groups is 1. The van der Waals surface area contributed by atoms with E-state index in [1.165, 1.54) is 30.5 Å². The van der Waals surface area contributed by atoms with Gasteiger partial charge in [0.25, 0.3) is 5.91 Å². The summed E-state index contributed by atoms with van der Waals surface area (Å²) < 4.78 is 36.9. The largest absolute Gasteiger partial charge is 0.468 e. The Balaban J connectivity index is 1.44. The second-order valence-corrected chi connectivity index (χ2v) is 8.49. The molecule has 2 aromatic carbocycles. The first-order chi connectivity index (χ1) is 15.8. The molecule has 0 radical (unpaired) electrons. The molecular formula is C22H21N3O7S. The molecule has 10 nitrogen and oxygen atoms in total. The normalized spacial score (nSPS) is 10.9. The van der Waals surface area contributed by atoms with Crippen molar-refractivity contribution in [1.29, 1.82) is 0 Å². The monoisotopic (exact) mass is 471 g/mol. The molecule has 0 saturated heterocycles. The molecule has 172 valence electrons. The van der Waals surface area contributed by atoms with E-state index in [4.69, 9.17) is 9.15 Å². The van der Waals surface area contributed by atoms with Gasteiger partial charge in [0.2, 0.25) is 10.0 Å². The summed E-state index contributed by atoms with van der Waals surface area (Å²) in [5.74, 6) is -1.21. The molecule has 0 spiro atoms. The van der Waals surface area contributed by atoms with Gasteiger partial charge in [-0.1, -0.05) is 30.3 Å². The third-order valence-corrected chi connectivity index (χ3v) is 5.72. The number of carbonyl (C=O) groups excluding carboxylic acids is 3. The van der Waals surface area contributed by atoms with E-state index in [9.17, 15) is 22.8 Å². The van der Waals surface area contributed by atoms with Crippen molar-refractivity contribution >= 4 is 27.9 Å². The lowest BCUT2D eigenvalue weighted by Gasteiger charge is -2.08. The van der Waals surface area contributed by atoms with Gasteiger partial charge in [-0.15, -0.1) is 0 Å². The van der Waals surface area contributed by atoms with Crippen molar-refractivity contribution in [2.45, 2.75) is 18.0 Å². The minimum Gasteiger partial charge on any atom is -0.468 e. The van der Waals surface area contributed by atoms with E-state index in [-0.39, 0.29) is 23.5 Å². The number of benzene rings is 2. The summed E-state index contributed by atoms with van der Waals surface area (Å²) in [5.41, 5.74) is 0.898. The van der Waals surface area contributed by atoms with Gasteiger partial charge < -0.3 is 14.5 Å². The number of amides is 3. The SMILES string of the molecule is O=C(COC(=O)c1ccc(S(=O)(=O)NCc2ccco2)cc1)NC(=O)NCc1ccccc1. The lowest BCUT2D eigenvalue weighted by molar-refractivity contribution is -0.123. The van der Waals surface area contributed by atoms with Crippen LogP contribution in [-0.4, -0.2) is 32.9 Å². The fourth-order valence-corrected chi connectivity index (χ4v) is 3.63. The molecule has 0 aliphatic carbocycles. The molecule has 33 heavy (non-hydrogen) atoms. The van der Waals surface area contributed by atoms with Crippen LogP contribution in [0, 0.1) is 0 Å². The van der Waals surface area contributed by atoms with Crippen LogP contribution in [0.15, 0.2) is 82.3 Å². The maximum atomic E-state index is 12.3. The first kappa shape index (κ1) is 23.7. The summed E-state index contributed by atoms with van der Waals surface area (Å²) in [5, 5.41) is 4.56. The van der Waals surface area contributed by atoms with Gasteiger partial charge in [-0.25, -0.2) is 22.7 Å². The van der Waals surface area contributed by atoms with Crippen LogP contribution >= 0.6 is 0 Å². The Morgan fingerprint density at radius 1 is 0.879 bits per heavy atom. The highest BCUT2D eigenvalue weighted by molar-refractivity contribution is 7.89. The van der Waals surface area contributed by atoms with E-state index in [0.29, 0.717) is 5.76 Å². The molecule has 3 aromatic rings. The van der Waals surface area contributed by atoms with E-state index in [1.807, 2.05) is 30.3 Å². The van der Waals surface area contributed by atoms with Gasteiger partial charge >= 0.3 is 12.0 Å². The van der Waals surface area contributed by atoms with Crippen LogP contribution in [0.25, 0.3) is 0 Å². The first-order valence-corrected chi connectivity index (χ1v) is 11.2. The number of rotatable bonds is 9. The molecule has 1 heterocycles. The number of imide groups is 1. The van der Waals surface area contributed by atoms with Crippen molar-refractivity contribution < 1.29 is 32.0 Å². The molecule has 0 saturated carbocycles. The second-order valence-electron chi connectivity index (χ2n) is 6.72. The van der Waals surface area contributed by atoms with Crippen LogP contribution in [0.2, 0.25) is 0 Å². The third-order valence-electron chi connectivity index (χ3n) is 4.30. The summed E-state index contributed by atoms with van der Waals surface area (Å²) in [6.45, 7) is -0.471. The van der Waals surface area contributed by atoms with Crippen molar-refractivity contribution in [3.63, 3.8) is 0 Å². The lowest BCUT2D eigenvalue weighted by Crippen LogP contribution is -2.41. The fourth-order valence-electron chi connectivity index (χ4n) is 2.63. The molecule has 0 bridgehead atoms. The summed E-state index contributed by atoms with van der Waals surface area (Å²) in [4.78, 5) is 35.6. The van der Waals surface area contributed by atoms with Crippen LogP contribution in [0.5, 0.6) is 0 Å². The quantitative estimate of drug-likeness (QED) is 0.405. The van der Waals surface area contributed by atoms with Gasteiger partial charge in [-0.2, -0.15) is 0 Å². The summed E-state index contributed by atoms with van der Waals surface area (Å²) in [7, 11) is -3.81. The Kier molecular flexibility index (Phi) is 7.95. The van der Waals surface area contributed by atoms with Gasteiger partial charge in [0, 0.05) is 6.54 Å². The standard InChI is InChI=1S/C22H21N3O7S/c26-20(25-22(28)23-13-16-5-2-1-3-6-16)15-32-21(27)17-8-10-19(11-9-17)33(29,30)24-14-18-7-4-12-31-18/h1-12,24H,13-15H2,(H2,23,25,26,28). The number of hydrogen-bond acceptors (Lipinski definition) is 7. The Labute approximate surface area is 190 Å². The molecule has 3 amide bonds. The number of carbonyl (C=O) groups is 3. The van der Waals surface area contributed by atoms with Gasteiger partial charge in [0.1, 0.15) is 5.76 Å². The van der Waals surface area contributed by atoms with E-state index >= 15 is 0 Å². The molecule has 11 heteroatoms. The van der Waals surface area contributed by atoms with E-state index in [1.54, 1.807) is 12.1 Å². The predicted octanol–water partition coefficient (Wildman–Crippen LogP) is 1.94. The topological polar surface area (TPSA) is 144 Å². The van der Waals surface area contributed by atoms with E-state index in [2.05, 4.69) is 15.4 Å². The summed E-state index contributed by atoms with van der Waals surface area (Å²) in [6, 6.07) is 16.6. The highest BCUT2D eigenvalue weighted by atomic mass is 32.2. The van der Waals surface area contributed by atoms with Gasteiger partial charge in [0.05, 0.1) is 23.3 Å². The van der Waals surface area contributed by atoms with Crippen LogP contribution in [-0.2, 0) is 32.6 Å². The molecule has 3 N–H and O–H groups in total. The number of furan rings is 1. The summed E-state index contributed by atoms with van der Waals surface area (Å²) >= 11 is 0. The zero-order chi connectivity index (χ0) is 23.7. The zero-order valence-corrected chi connectivity index (χ0v) is 18.1. The average molecular weight is 471 g/mol. The smallest absolute Gasteiger partial charge is 0.338 e. The van der Waals surface area contributed by atoms with Crippen molar-refractivity contribution in [2.24, 2.45) is 0 Å². The Morgan fingerprint density at radius 3 is 2.27 bits per heavy atom. The van der Waals surface area contributed by atoms with Crippen molar-refractivity contribution in [1.82, 2.24) is 15.4 Å². The third kappa shape index (κ3) is 7.30. The zero-order valence-electron chi connectivity index (χ0n) is 17.3. The highest BCUT2D eigenvalue weighted by Gasteiger charge is 2.17. The first-order valence-electron chi connectivity index (χ1n) is 9.74.